The fraction of sp³-hybridized carbons (Fsp3) is 0.400. The number of nitrogens with zero attached hydrogens (tertiary/aromatic N) is 2. The average molecular weight is 261 g/mol. The molecule has 0 amide bonds. The van der Waals surface area contributed by atoms with Crippen molar-refractivity contribution in [2.24, 2.45) is 0 Å². The van der Waals surface area contributed by atoms with Gasteiger partial charge < -0.3 is 5.32 Å². The van der Waals surface area contributed by atoms with Crippen LogP contribution in [0.25, 0.3) is 5.69 Å². The van der Waals surface area contributed by atoms with Gasteiger partial charge in [0.05, 0.1) is 11.4 Å². The minimum absolute atomic E-state index is 0.228. The van der Waals surface area contributed by atoms with Crippen molar-refractivity contribution in [3.05, 3.63) is 47.0 Å². The first-order chi connectivity index (χ1) is 9.04. The molecule has 19 heavy (non-hydrogen) atoms. The zero-order valence-electron chi connectivity index (χ0n) is 11.9. The topological polar surface area (TPSA) is 29.9 Å². The molecule has 1 atom stereocenters. The molecule has 2 aromatic rings. The number of hydrogen-bond donors (Lipinski definition) is 1. The zero-order valence-corrected chi connectivity index (χ0v) is 11.9. The summed E-state index contributed by atoms with van der Waals surface area (Å²) in [7, 11) is 1.95. The van der Waals surface area contributed by atoms with E-state index in [1.165, 1.54) is 17.7 Å². The summed E-state index contributed by atoms with van der Waals surface area (Å²) in [4.78, 5) is 0. The van der Waals surface area contributed by atoms with Gasteiger partial charge in [-0.3, -0.25) is 0 Å². The monoisotopic (exact) mass is 261 g/mol. The van der Waals surface area contributed by atoms with Gasteiger partial charge in [0.25, 0.3) is 0 Å². The van der Waals surface area contributed by atoms with Crippen LogP contribution in [0.3, 0.4) is 0 Å². The third-order valence-corrected chi connectivity index (χ3v) is 3.42. The smallest absolute Gasteiger partial charge is 0.123 e. The lowest BCUT2D eigenvalue weighted by Crippen LogP contribution is -2.15. The quantitative estimate of drug-likeness (QED) is 0.917. The van der Waals surface area contributed by atoms with Crippen molar-refractivity contribution in [2.75, 3.05) is 13.6 Å². The van der Waals surface area contributed by atoms with Crippen molar-refractivity contribution in [1.82, 2.24) is 15.1 Å². The molecule has 0 aliphatic carbocycles. The van der Waals surface area contributed by atoms with Crippen LogP contribution >= 0.6 is 0 Å². The Hall–Kier alpha value is -1.68. The van der Waals surface area contributed by atoms with Gasteiger partial charge in [-0.2, -0.15) is 5.10 Å². The Morgan fingerprint density at radius 3 is 2.47 bits per heavy atom. The molecular weight excluding hydrogens is 241 g/mol. The van der Waals surface area contributed by atoms with E-state index in [0.29, 0.717) is 5.92 Å². The first kappa shape index (κ1) is 13.7. The summed E-state index contributed by atoms with van der Waals surface area (Å²) in [5.41, 5.74) is 4.31. The third kappa shape index (κ3) is 2.68. The molecule has 0 saturated carbocycles. The fourth-order valence-electron chi connectivity index (χ4n) is 2.61. The van der Waals surface area contributed by atoms with Gasteiger partial charge in [0.1, 0.15) is 5.82 Å². The second-order valence-electron chi connectivity index (χ2n) is 4.93. The van der Waals surface area contributed by atoms with Gasteiger partial charge in [-0.25, -0.2) is 9.07 Å². The molecule has 0 saturated heterocycles. The minimum Gasteiger partial charge on any atom is -0.319 e. The normalized spacial score (nSPS) is 12.7. The van der Waals surface area contributed by atoms with E-state index < -0.39 is 0 Å². The van der Waals surface area contributed by atoms with Crippen molar-refractivity contribution < 1.29 is 4.39 Å². The van der Waals surface area contributed by atoms with Gasteiger partial charge in [-0.15, -0.1) is 0 Å². The molecule has 1 aromatic carbocycles. The Morgan fingerprint density at radius 2 is 1.89 bits per heavy atom. The predicted octanol–water partition coefficient (Wildman–Crippen LogP) is 2.95. The standard InChI is InChI=1S/C15H20FN3/c1-10(9-17-4)15-11(2)18-19(12(15)3)14-7-5-13(16)6-8-14/h5-8,10,17H,9H2,1-4H3. The van der Waals surface area contributed by atoms with Crippen LogP contribution in [0.4, 0.5) is 4.39 Å². The molecule has 0 aliphatic heterocycles. The maximum atomic E-state index is 13.0. The number of nitrogens with one attached hydrogen (secondary N) is 1. The van der Waals surface area contributed by atoms with E-state index in [2.05, 4.69) is 24.3 Å². The number of likely N-dealkylation sites (N-methyl/N-ethyl adjacent to an activating group) is 1. The molecule has 0 aliphatic rings. The lowest BCUT2D eigenvalue weighted by molar-refractivity contribution is 0.626. The van der Waals surface area contributed by atoms with E-state index in [0.717, 1.165) is 23.6 Å². The van der Waals surface area contributed by atoms with Gasteiger partial charge in [-0.05, 0) is 51.1 Å². The van der Waals surface area contributed by atoms with Crippen LogP contribution in [0.1, 0.15) is 29.8 Å². The van der Waals surface area contributed by atoms with Crippen LogP contribution in [0.2, 0.25) is 0 Å². The van der Waals surface area contributed by atoms with Crippen LogP contribution in [0, 0.1) is 19.7 Å². The molecule has 1 N–H and O–H groups in total. The van der Waals surface area contributed by atoms with E-state index >= 15 is 0 Å². The maximum absolute atomic E-state index is 13.0. The summed E-state index contributed by atoms with van der Waals surface area (Å²) < 4.78 is 14.9. The molecule has 102 valence electrons. The molecular formula is C15H20FN3. The largest absolute Gasteiger partial charge is 0.319 e. The first-order valence-electron chi connectivity index (χ1n) is 6.51. The summed E-state index contributed by atoms with van der Waals surface area (Å²) in [5.74, 6) is 0.174. The average Bonchev–Trinajstić information content (AvgIpc) is 2.66. The van der Waals surface area contributed by atoms with Crippen molar-refractivity contribution in [1.29, 1.82) is 0 Å². The van der Waals surface area contributed by atoms with Crippen LogP contribution in [-0.2, 0) is 0 Å². The number of halogens is 1. The van der Waals surface area contributed by atoms with Crippen LogP contribution in [0.5, 0.6) is 0 Å². The predicted molar refractivity (Wildman–Crippen MR) is 75.3 cm³/mol. The first-order valence-corrected chi connectivity index (χ1v) is 6.51. The molecule has 1 aromatic heterocycles. The fourth-order valence-corrected chi connectivity index (χ4v) is 2.61. The van der Waals surface area contributed by atoms with Gasteiger partial charge >= 0.3 is 0 Å². The highest BCUT2D eigenvalue weighted by Crippen LogP contribution is 2.25. The Bertz CT molecular complexity index is 558. The third-order valence-electron chi connectivity index (χ3n) is 3.42. The van der Waals surface area contributed by atoms with Gasteiger partial charge in [0, 0.05) is 17.8 Å². The van der Waals surface area contributed by atoms with E-state index in [1.54, 1.807) is 12.1 Å². The Morgan fingerprint density at radius 1 is 1.26 bits per heavy atom. The van der Waals surface area contributed by atoms with E-state index in [9.17, 15) is 4.39 Å². The molecule has 0 spiro atoms. The van der Waals surface area contributed by atoms with Crippen LogP contribution in [-0.4, -0.2) is 23.4 Å². The number of aromatic nitrogens is 2. The minimum atomic E-state index is -0.228. The van der Waals surface area contributed by atoms with Gasteiger partial charge in [0.2, 0.25) is 0 Å². The van der Waals surface area contributed by atoms with Crippen molar-refractivity contribution in [2.45, 2.75) is 26.7 Å². The van der Waals surface area contributed by atoms with Gasteiger partial charge in [0.15, 0.2) is 0 Å². The van der Waals surface area contributed by atoms with Crippen LogP contribution < -0.4 is 5.32 Å². The molecule has 1 unspecified atom stereocenters. The Kier molecular flexibility index (Phi) is 4.00. The molecule has 1 heterocycles. The number of hydrogen-bond acceptors (Lipinski definition) is 2. The molecule has 3 nitrogen and oxygen atoms in total. The SMILES string of the molecule is CNCC(C)c1c(C)nn(-c2ccc(F)cc2)c1C. The summed E-state index contributed by atoms with van der Waals surface area (Å²) in [6.07, 6.45) is 0. The van der Waals surface area contributed by atoms with Gasteiger partial charge in [-0.1, -0.05) is 6.92 Å². The summed E-state index contributed by atoms with van der Waals surface area (Å²) >= 11 is 0. The highest BCUT2D eigenvalue weighted by atomic mass is 19.1. The van der Waals surface area contributed by atoms with Crippen LogP contribution in [0.15, 0.2) is 24.3 Å². The Labute approximate surface area is 113 Å². The molecule has 0 fully saturated rings. The summed E-state index contributed by atoms with van der Waals surface area (Å²) in [6, 6.07) is 6.42. The zero-order chi connectivity index (χ0) is 14.0. The second kappa shape index (κ2) is 5.53. The summed E-state index contributed by atoms with van der Waals surface area (Å²) in [5, 5.41) is 7.77. The van der Waals surface area contributed by atoms with E-state index in [1.807, 2.05) is 18.7 Å². The van der Waals surface area contributed by atoms with Crippen molar-refractivity contribution in [3.8, 4) is 5.69 Å². The second-order valence-corrected chi connectivity index (χ2v) is 4.93. The lowest BCUT2D eigenvalue weighted by atomic mass is 9.99. The highest BCUT2D eigenvalue weighted by Gasteiger charge is 2.17. The highest BCUT2D eigenvalue weighted by molar-refractivity contribution is 5.38. The molecule has 2 rings (SSSR count). The lowest BCUT2D eigenvalue weighted by Gasteiger charge is -2.12. The Balaban J connectivity index is 2.43. The maximum Gasteiger partial charge on any atom is 0.123 e. The number of aryl methyl sites for hydroxylation is 1. The van der Waals surface area contributed by atoms with E-state index in [4.69, 9.17) is 0 Å². The van der Waals surface area contributed by atoms with Crippen molar-refractivity contribution in [3.63, 3.8) is 0 Å². The summed E-state index contributed by atoms with van der Waals surface area (Å²) in [6.45, 7) is 7.18. The number of rotatable bonds is 4. The van der Waals surface area contributed by atoms with Crippen molar-refractivity contribution >= 4 is 0 Å². The molecule has 0 bridgehead atoms. The van der Waals surface area contributed by atoms with E-state index in [-0.39, 0.29) is 5.82 Å². The molecule has 0 radical (unpaired) electrons. The number of benzene rings is 1. The molecule has 4 heteroatoms.